The topological polar surface area (TPSA) is 389 Å². The minimum absolute atomic E-state index is 0.0300. The molecule has 24 nitrogen and oxygen atoms in total. The molecule has 0 saturated heterocycles. The van der Waals surface area contributed by atoms with Crippen LogP contribution in [0.5, 0.6) is 0 Å². The number of carbonyl (C=O) groups is 2. The minimum Gasteiger partial charge on any atom is -0.343 e. The summed E-state index contributed by atoms with van der Waals surface area (Å²) in [6.45, 7) is 0. The largest absolute Gasteiger partial charge is 0.372 e. The Morgan fingerprint density at radius 1 is 0.569 bits per heavy atom. The number of fused-ring (bicyclic) bond motifs is 3. The molecule has 4 aromatic carbocycles. The summed E-state index contributed by atoms with van der Waals surface area (Å²) >= 11 is 0. The maximum absolute atomic E-state index is 15.2. The molecule has 310 valence electrons. The zero-order valence-electron chi connectivity index (χ0n) is 28.4. The van der Waals surface area contributed by atoms with Gasteiger partial charge >= 0.3 is 42.3 Å². The van der Waals surface area contributed by atoms with E-state index < -0.39 is 156 Å². The van der Waals surface area contributed by atoms with Gasteiger partial charge in [0.2, 0.25) is 0 Å². The van der Waals surface area contributed by atoms with Crippen LogP contribution in [-0.2, 0) is 67.8 Å². The summed E-state index contributed by atoms with van der Waals surface area (Å²) in [5.74, 6) is -1.68. The van der Waals surface area contributed by atoms with Gasteiger partial charge in [-0.1, -0.05) is 0 Å². The van der Waals surface area contributed by atoms with Gasteiger partial charge in [0.05, 0.1) is 18.4 Å². The van der Waals surface area contributed by atoms with Crippen molar-refractivity contribution in [3.8, 4) is 0 Å². The van der Waals surface area contributed by atoms with Gasteiger partial charge in [-0.3, -0.25) is 27.3 Å². The number of aryl methyl sites for hydroxylation is 1. The second-order valence-electron chi connectivity index (χ2n) is 12.5. The molecule has 1 aromatic heterocycles. The van der Waals surface area contributed by atoms with Gasteiger partial charge in [0.1, 0.15) is 20.4 Å². The number of quaternary nitrogens is 1. The van der Waals surface area contributed by atoms with Gasteiger partial charge < -0.3 is 15.2 Å². The van der Waals surface area contributed by atoms with Crippen LogP contribution in [0.25, 0.3) is 21.5 Å². The van der Waals surface area contributed by atoms with E-state index in [0.29, 0.717) is 25.2 Å². The lowest BCUT2D eigenvalue weighted by Gasteiger charge is -2.35. The van der Waals surface area contributed by atoms with Gasteiger partial charge in [-0.15, -0.1) is 0 Å². The van der Waals surface area contributed by atoms with Gasteiger partial charge in [-0.2, -0.15) is 55.0 Å². The van der Waals surface area contributed by atoms with Crippen LogP contribution in [0.3, 0.4) is 0 Å². The van der Waals surface area contributed by atoms with Crippen molar-refractivity contribution in [2.24, 2.45) is 7.05 Å². The van der Waals surface area contributed by atoms with Crippen LogP contribution in [0.1, 0.15) is 10.5 Å². The lowest BCUT2D eigenvalue weighted by Crippen LogP contribution is -2.49. The fraction of sp³-hybridized carbons (Fsp3) is 0.0714. The monoisotopic (exact) mass is 927 g/mol. The molecule has 5 aromatic rings. The molecule has 3 amide bonds. The Balaban J connectivity index is 2.16. The van der Waals surface area contributed by atoms with Crippen LogP contribution in [0.15, 0.2) is 84.1 Å². The van der Waals surface area contributed by atoms with Crippen molar-refractivity contribution < 1.29 is 87.4 Å². The van der Waals surface area contributed by atoms with Crippen LogP contribution in [0, 0.1) is 0 Å². The molecule has 8 N–H and O–H groups in total. The van der Waals surface area contributed by atoms with Crippen LogP contribution in [0.4, 0.5) is 27.5 Å². The molecule has 30 heteroatoms. The lowest BCUT2D eigenvalue weighted by molar-refractivity contribution is 0.0846. The fourth-order valence-corrected chi connectivity index (χ4v) is 11.4. The average molecular weight is 928 g/mol. The van der Waals surface area contributed by atoms with Crippen LogP contribution >= 0.6 is 0 Å². The Kier molecular flexibility index (Phi) is 9.57. The third kappa shape index (κ3) is 7.01. The molecule has 0 fully saturated rings. The van der Waals surface area contributed by atoms with Crippen LogP contribution < -0.4 is 15.1 Å². The molecule has 7 rings (SSSR count). The number of nitrogens with zero attached hydrogens (tertiary/aromatic N) is 2. The van der Waals surface area contributed by atoms with Crippen molar-refractivity contribution in [1.82, 2.24) is 9.05 Å². The number of nitrogens with one attached hydrogen (secondary N) is 2. The van der Waals surface area contributed by atoms with E-state index in [4.69, 9.17) is 0 Å². The number of aromatic nitrogens is 1. The highest BCUT2D eigenvalue weighted by molar-refractivity contribution is 7.88. The van der Waals surface area contributed by atoms with E-state index in [0.717, 1.165) is 10.6 Å². The van der Waals surface area contributed by atoms with Crippen molar-refractivity contribution in [2.75, 3.05) is 17.7 Å². The summed E-state index contributed by atoms with van der Waals surface area (Å²) < 4.78 is 219. The average Bonchev–Trinajstić information content (AvgIpc) is 3.47. The maximum atomic E-state index is 15.2. The van der Waals surface area contributed by atoms with E-state index in [2.05, 4.69) is 0 Å². The maximum Gasteiger partial charge on any atom is 0.372 e. The molecule has 2 aliphatic rings. The first-order valence-electron chi connectivity index (χ1n) is 14.9. The number of carbonyl (C=O) groups excluding carboxylic acids is 2. The first kappa shape index (κ1) is 42.6. The first-order valence-corrected chi connectivity index (χ1v) is 23.6. The van der Waals surface area contributed by atoms with Gasteiger partial charge in [-0.25, -0.2) is 9.59 Å². The lowest BCUT2D eigenvalue weighted by atomic mass is 10.0. The zero-order chi connectivity index (χ0) is 43.7. The van der Waals surface area contributed by atoms with Crippen LogP contribution in [0.2, 0.25) is 0 Å². The fourth-order valence-electron chi connectivity index (χ4n) is 6.62. The Labute approximate surface area is 326 Å². The number of rotatable bonds is 7. The molecule has 3 heterocycles. The third-order valence-electron chi connectivity index (χ3n) is 8.87. The Bertz CT molecular complexity index is 3450. The van der Waals surface area contributed by atoms with E-state index in [1.807, 2.05) is 10.6 Å². The number of hydrogen-bond donors (Lipinski definition) is 8. The molecular weight excluding hydrogens is 905 g/mol. The van der Waals surface area contributed by atoms with Gasteiger partial charge in [-0.05, 0) is 53.9 Å². The van der Waals surface area contributed by atoms with Crippen LogP contribution in [-0.4, -0.2) is 101 Å². The molecule has 0 saturated carbocycles. The quantitative estimate of drug-likeness (QED) is 0.0853. The predicted molar refractivity (Wildman–Crippen MR) is 197 cm³/mol. The molecule has 0 radical (unpaired) electrons. The van der Waals surface area contributed by atoms with Crippen molar-refractivity contribution in [3.05, 3.63) is 60.4 Å². The molecular formula is C28H23N4O20S6+. The van der Waals surface area contributed by atoms with Gasteiger partial charge in [0.25, 0.3) is 30.4 Å². The molecule has 1 unspecified atom stereocenters. The van der Waals surface area contributed by atoms with E-state index in [-0.39, 0.29) is 18.2 Å². The Hall–Kier alpha value is -4.96. The molecule has 1 atom stereocenters. The van der Waals surface area contributed by atoms with E-state index in [9.17, 15) is 82.6 Å². The smallest absolute Gasteiger partial charge is 0.343 e. The number of hydrogen-bond acceptors (Lipinski definition) is 14. The first-order chi connectivity index (χ1) is 26.2. The number of urea groups is 1. The zero-order valence-corrected chi connectivity index (χ0v) is 33.3. The molecule has 0 aliphatic carbocycles. The molecule has 0 spiro atoms. The van der Waals surface area contributed by atoms with E-state index in [1.165, 1.54) is 19.3 Å². The predicted octanol–water partition coefficient (Wildman–Crippen LogP) is 1.88. The van der Waals surface area contributed by atoms with Crippen molar-refractivity contribution in [3.63, 3.8) is 0 Å². The second-order valence-corrected chi connectivity index (χ2v) is 20.8. The summed E-state index contributed by atoms with van der Waals surface area (Å²) in [6.07, 6.45) is 1.17. The summed E-state index contributed by atoms with van der Waals surface area (Å²) in [6, 6.07) is 1.85. The summed E-state index contributed by atoms with van der Waals surface area (Å²) in [4.78, 5) is 18.7. The third-order valence-corrected chi connectivity index (χ3v) is 14.2. The summed E-state index contributed by atoms with van der Waals surface area (Å²) in [5, 5.41) is -0.675. The van der Waals surface area contributed by atoms with Crippen molar-refractivity contribution >= 4 is 117 Å². The standard InChI is InChI=1S/C28H22N4O20S6/c1-31-5-3-4-18(31)27(33)32(2)24-15-10-21(55(41,42)43)17(9-14(15)19(53(35,36)37)11-23(24)57(47,48)49)30-28(34)29-16-8-13-12(6-20(16)54(38,39)40)7-22(56(44,45)46)25(32)26(13)58(50,51)52/h3-11H,1-2H3,(H7-,29,30,34,35,36,37,38,39,40,41,42,43,44,45,46,47,48,49,50,51,52)/p+1. The number of benzene rings is 4. The van der Waals surface area contributed by atoms with Crippen molar-refractivity contribution in [1.29, 1.82) is 0 Å². The molecule has 58 heavy (non-hydrogen) atoms. The van der Waals surface area contributed by atoms with Gasteiger partial charge in [0.15, 0.2) is 26.1 Å². The number of amides is 3. The molecule has 2 aliphatic heterocycles. The van der Waals surface area contributed by atoms with Gasteiger partial charge in [0, 0.05) is 29.4 Å². The summed E-state index contributed by atoms with van der Waals surface area (Å²) in [7, 11) is -33.8. The highest BCUT2D eigenvalue weighted by Gasteiger charge is 2.52. The SMILES string of the molecule is Cn1cccc1C(=O)[N+]1(C)c2c(S(=O)(=O)O)cc3cc(S(=O)(=O)O)c(cc3c2S(=O)(=O)O)NC(=O)Nc2cc3c(S(=O)(=O)O)cc(S(=O)(=O)O)c1c3cc2S(=O)(=O)O. The second kappa shape index (κ2) is 13.0. The van der Waals surface area contributed by atoms with Crippen molar-refractivity contribution in [2.45, 2.75) is 29.4 Å². The Morgan fingerprint density at radius 3 is 1.47 bits per heavy atom. The minimum atomic E-state index is -6.17. The van der Waals surface area contributed by atoms with E-state index in [1.54, 1.807) is 0 Å². The summed E-state index contributed by atoms with van der Waals surface area (Å²) in [5.41, 5.74) is -6.12. The highest BCUT2D eigenvalue weighted by Crippen LogP contribution is 2.53. The highest BCUT2D eigenvalue weighted by atomic mass is 32.2. The number of anilines is 2. The van der Waals surface area contributed by atoms with E-state index >= 15 is 4.79 Å². The normalized spacial score (nSPS) is 16.9. The molecule has 7 bridgehead atoms. The Morgan fingerprint density at radius 2 is 1.02 bits per heavy atom.